The van der Waals surface area contributed by atoms with Gasteiger partial charge in [-0.15, -0.1) is 8.58 Å². The summed E-state index contributed by atoms with van der Waals surface area (Å²) in [5.41, 5.74) is 2.09. The van der Waals surface area contributed by atoms with E-state index in [1.165, 1.54) is 47.1 Å². The monoisotopic (exact) mass is 310 g/mol. The number of rotatable bonds is 4. The Balaban J connectivity index is 2.04. The van der Waals surface area contributed by atoms with E-state index in [4.69, 9.17) is 0 Å². The molecule has 0 aliphatic heterocycles. The van der Waals surface area contributed by atoms with Crippen molar-refractivity contribution in [2.24, 2.45) is 35.5 Å². The highest BCUT2D eigenvalue weighted by molar-refractivity contribution is 7.39. The van der Waals surface area contributed by atoms with Crippen LogP contribution in [0.4, 0.5) is 0 Å². The summed E-state index contributed by atoms with van der Waals surface area (Å²) in [6, 6.07) is 0. The van der Waals surface area contributed by atoms with Gasteiger partial charge in [-0.1, -0.05) is 54.4 Å². The Morgan fingerprint density at radius 1 is 0.667 bits per heavy atom. The summed E-state index contributed by atoms with van der Waals surface area (Å²) >= 11 is 0. The first-order chi connectivity index (χ1) is 9.88. The predicted octanol–water partition coefficient (Wildman–Crippen LogP) is 6.59. The van der Waals surface area contributed by atoms with Crippen LogP contribution in [0, 0.1) is 35.5 Å². The third-order valence-corrected chi connectivity index (χ3v) is 8.66. The van der Waals surface area contributed by atoms with Crippen molar-refractivity contribution in [3.63, 3.8) is 0 Å². The SMILES string of the molecule is CC(C)[C@H]1CC[C@H](C)C[C@@H]1P[C@H]1C[C@@H](C)CC[C@@H]1C(C)C. The van der Waals surface area contributed by atoms with Gasteiger partial charge in [0, 0.05) is 0 Å². The first kappa shape index (κ1) is 17.8. The van der Waals surface area contributed by atoms with Gasteiger partial charge in [0.2, 0.25) is 0 Å². The van der Waals surface area contributed by atoms with Crippen molar-refractivity contribution in [3.05, 3.63) is 0 Å². The van der Waals surface area contributed by atoms with Crippen LogP contribution in [-0.2, 0) is 0 Å². The molecule has 2 aliphatic rings. The van der Waals surface area contributed by atoms with E-state index in [0.29, 0.717) is 0 Å². The summed E-state index contributed by atoms with van der Waals surface area (Å²) in [7, 11) is 1.25. The Morgan fingerprint density at radius 3 is 1.38 bits per heavy atom. The Kier molecular flexibility index (Phi) is 6.61. The van der Waals surface area contributed by atoms with Crippen LogP contribution in [0.25, 0.3) is 0 Å². The second-order valence-electron chi connectivity index (χ2n) is 9.03. The first-order valence-corrected chi connectivity index (χ1v) is 10.8. The highest BCUT2D eigenvalue weighted by Gasteiger charge is 2.37. The Bertz CT molecular complexity index is 279. The summed E-state index contributed by atoms with van der Waals surface area (Å²) < 4.78 is 0. The van der Waals surface area contributed by atoms with E-state index in [-0.39, 0.29) is 0 Å². The second kappa shape index (κ2) is 7.81. The molecule has 0 heterocycles. The molecular weight excluding hydrogens is 271 g/mol. The summed E-state index contributed by atoms with van der Waals surface area (Å²) in [6.07, 6.45) is 9.03. The fourth-order valence-corrected chi connectivity index (χ4v) is 8.29. The Hall–Kier alpha value is 0.430. The van der Waals surface area contributed by atoms with Crippen LogP contribution < -0.4 is 0 Å². The zero-order chi connectivity index (χ0) is 15.6. The molecule has 0 aromatic heterocycles. The van der Waals surface area contributed by atoms with Crippen LogP contribution in [0.15, 0.2) is 0 Å². The van der Waals surface area contributed by atoms with Gasteiger partial charge in [-0.25, -0.2) is 0 Å². The van der Waals surface area contributed by atoms with E-state index in [0.717, 1.165) is 46.8 Å². The topological polar surface area (TPSA) is 0 Å². The summed E-state index contributed by atoms with van der Waals surface area (Å²) in [4.78, 5) is 0. The van der Waals surface area contributed by atoms with Crippen LogP contribution in [0.3, 0.4) is 0 Å². The minimum Gasteiger partial charge on any atom is -0.115 e. The molecule has 0 spiro atoms. The van der Waals surface area contributed by atoms with Crippen molar-refractivity contribution >= 4 is 8.58 Å². The molecule has 1 heteroatoms. The molecule has 124 valence electrons. The fourth-order valence-electron chi connectivity index (χ4n) is 5.06. The van der Waals surface area contributed by atoms with Gasteiger partial charge < -0.3 is 0 Å². The van der Waals surface area contributed by atoms with Gasteiger partial charge in [-0.05, 0) is 72.5 Å². The normalized spacial score (nSPS) is 41.7. The third kappa shape index (κ3) is 4.70. The van der Waals surface area contributed by atoms with Crippen molar-refractivity contribution in [1.29, 1.82) is 0 Å². The molecule has 2 rings (SSSR count). The summed E-state index contributed by atoms with van der Waals surface area (Å²) in [5.74, 6) is 5.79. The van der Waals surface area contributed by atoms with E-state index < -0.39 is 0 Å². The molecule has 0 unspecified atom stereocenters. The molecule has 6 atom stereocenters. The average Bonchev–Trinajstić information content (AvgIpc) is 2.38. The largest absolute Gasteiger partial charge is 0.115 e. The molecule has 0 nitrogen and oxygen atoms in total. The molecule has 0 N–H and O–H groups in total. The van der Waals surface area contributed by atoms with E-state index in [9.17, 15) is 0 Å². The molecule has 2 saturated carbocycles. The zero-order valence-electron chi connectivity index (χ0n) is 15.4. The maximum Gasteiger partial charge on any atom is -0.0201 e. The van der Waals surface area contributed by atoms with Crippen molar-refractivity contribution in [2.45, 2.75) is 91.4 Å². The minimum atomic E-state index is 0.897. The Labute approximate surface area is 136 Å². The van der Waals surface area contributed by atoms with E-state index in [1.807, 2.05) is 0 Å². The van der Waals surface area contributed by atoms with Gasteiger partial charge in [0.25, 0.3) is 0 Å². The van der Waals surface area contributed by atoms with Gasteiger partial charge in [0.15, 0.2) is 0 Å². The van der Waals surface area contributed by atoms with Crippen LogP contribution in [0.5, 0.6) is 0 Å². The van der Waals surface area contributed by atoms with Gasteiger partial charge in [-0.2, -0.15) is 0 Å². The van der Waals surface area contributed by atoms with Crippen molar-refractivity contribution in [1.82, 2.24) is 0 Å². The maximum absolute atomic E-state index is 2.50. The molecular formula is C20H39P. The fraction of sp³-hybridized carbons (Fsp3) is 1.00. The van der Waals surface area contributed by atoms with Gasteiger partial charge in [0.05, 0.1) is 0 Å². The van der Waals surface area contributed by atoms with Gasteiger partial charge in [0.1, 0.15) is 0 Å². The minimum absolute atomic E-state index is 0.897. The highest BCUT2D eigenvalue weighted by Crippen LogP contribution is 2.51. The van der Waals surface area contributed by atoms with Gasteiger partial charge >= 0.3 is 0 Å². The predicted molar refractivity (Wildman–Crippen MR) is 98.6 cm³/mol. The number of hydrogen-bond donors (Lipinski definition) is 0. The van der Waals surface area contributed by atoms with Gasteiger partial charge in [-0.3, -0.25) is 0 Å². The lowest BCUT2D eigenvalue weighted by Crippen LogP contribution is -2.35. The first-order valence-electron chi connectivity index (χ1n) is 9.64. The maximum atomic E-state index is 2.50. The van der Waals surface area contributed by atoms with Crippen LogP contribution in [0.2, 0.25) is 0 Å². The third-order valence-electron chi connectivity index (χ3n) is 6.47. The zero-order valence-corrected chi connectivity index (χ0v) is 16.4. The van der Waals surface area contributed by atoms with Crippen LogP contribution in [-0.4, -0.2) is 11.3 Å². The molecule has 2 fully saturated rings. The lowest BCUT2D eigenvalue weighted by molar-refractivity contribution is 0.226. The standard InChI is InChI=1S/C20H39P/c1-13(2)17-9-7-15(5)11-19(17)21-20-12-16(6)8-10-18(20)14(3)4/h13-21H,7-12H2,1-6H3/t15-,16-,17+,18+,19-,20-/m0/s1. The molecule has 0 aromatic rings. The smallest absolute Gasteiger partial charge is 0.0201 e. The van der Waals surface area contributed by atoms with Crippen LogP contribution >= 0.6 is 8.58 Å². The number of hydrogen-bond acceptors (Lipinski definition) is 0. The van der Waals surface area contributed by atoms with Crippen molar-refractivity contribution in [2.75, 3.05) is 0 Å². The van der Waals surface area contributed by atoms with E-state index >= 15 is 0 Å². The van der Waals surface area contributed by atoms with Crippen molar-refractivity contribution in [3.8, 4) is 0 Å². The van der Waals surface area contributed by atoms with E-state index in [2.05, 4.69) is 41.5 Å². The molecule has 0 bridgehead atoms. The lowest BCUT2D eigenvalue weighted by Gasteiger charge is -2.44. The molecule has 0 aromatic carbocycles. The van der Waals surface area contributed by atoms with Crippen LogP contribution in [0.1, 0.15) is 80.1 Å². The highest BCUT2D eigenvalue weighted by atomic mass is 31.1. The lowest BCUT2D eigenvalue weighted by atomic mass is 9.76. The molecule has 2 aliphatic carbocycles. The van der Waals surface area contributed by atoms with Crippen molar-refractivity contribution < 1.29 is 0 Å². The molecule has 0 amide bonds. The molecule has 0 saturated heterocycles. The second-order valence-corrected chi connectivity index (χ2v) is 10.8. The van der Waals surface area contributed by atoms with E-state index in [1.54, 1.807) is 0 Å². The molecule has 0 radical (unpaired) electrons. The summed E-state index contributed by atoms with van der Waals surface area (Å²) in [5, 5.41) is 0. The quantitative estimate of drug-likeness (QED) is 0.514. The molecule has 21 heavy (non-hydrogen) atoms. The Morgan fingerprint density at radius 2 is 1.05 bits per heavy atom. The average molecular weight is 311 g/mol. The summed E-state index contributed by atoms with van der Waals surface area (Å²) in [6.45, 7) is 14.9.